The highest BCUT2D eigenvalue weighted by Crippen LogP contribution is 2.36. The molecule has 0 aliphatic carbocycles. The van der Waals surface area contributed by atoms with Crippen LogP contribution in [0.4, 0.5) is 0 Å². The Labute approximate surface area is 140 Å². The van der Waals surface area contributed by atoms with Gasteiger partial charge in [0, 0.05) is 30.5 Å². The fourth-order valence-corrected chi connectivity index (χ4v) is 2.46. The topological polar surface area (TPSA) is 65.4 Å². The van der Waals surface area contributed by atoms with Crippen LogP contribution in [-0.2, 0) is 6.54 Å². The zero-order valence-electron chi connectivity index (χ0n) is 13.4. The molecule has 0 radical (unpaired) electrons. The number of methoxy groups -OCH3 is 1. The number of carbonyl (C=O) groups excluding carboxylic acids is 1. The van der Waals surface area contributed by atoms with Crippen LogP contribution in [0.25, 0.3) is 0 Å². The van der Waals surface area contributed by atoms with E-state index in [-0.39, 0.29) is 11.9 Å². The van der Waals surface area contributed by atoms with Gasteiger partial charge in [0.2, 0.25) is 0 Å². The highest BCUT2D eigenvalue weighted by molar-refractivity contribution is 6.32. The minimum Gasteiger partial charge on any atom is -0.493 e. The van der Waals surface area contributed by atoms with Gasteiger partial charge in [0.15, 0.2) is 11.5 Å². The van der Waals surface area contributed by atoms with Crippen LogP contribution in [0.1, 0.15) is 24.2 Å². The quantitative estimate of drug-likeness (QED) is 0.843. The van der Waals surface area contributed by atoms with Gasteiger partial charge in [-0.25, -0.2) is 4.98 Å². The van der Waals surface area contributed by atoms with Crippen LogP contribution >= 0.6 is 11.6 Å². The molecule has 1 amide bonds. The molecule has 0 aliphatic rings. The number of imidazole rings is 1. The molecule has 0 fully saturated rings. The van der Waals surface area contributed by atoms with Gasteiger partial charge in [-0.2, -0.15) is 0 Å². The van der Waals surface area contributed by atoms with Gasteiger partial charge in [0.25, 0.3) is 5.91 Å². The lowest BCUT2D eigenvalue weighted by Crippen LogP contribution is -2.35. The number of halogens is 1. The van der Waals surface area contributed by atoms with E-state index in [1.54, 1.807) is 24.7 Å². The average molecular weight is 338 g/mol. The van der Waals surface area contributed by atoms with E-state index in [1.807, 2.05) is 24.6 Å². The van der Waals surface area contributed by atoms with E-state index in [9.17, 15) is 4.79 Å². The molecule has 1 N–H and O–H groups in total. The molecule has 0 bridgehead atoms. The summed E-state index contributed by atoms with van der Waals surface area (Å²) < 4.78 is 12.6. The zero-order valence-corrected chi connectivity index (χ0v) is 14.1. The molecule has 2 aromatic rings. The summed E-state index contributed by atoms with van der Waals surface area (Å²) in [6, 6.07) is 3.14. The predicted molar refractivity (Wildman–Crippen MR) is 88.3 cm³/mol. The molecule has 1 atom stereocenters. The van der Waals surface area contributed by atoms with E-state index in [1.165, 1.54) is 7.11 Å². The third kappa shape index (κ3) is 4.39. The molecule has 0 aliphatic heterocycles. The predicted octanol–water partition coefficient (Wildman–Crippen LogP) is 2.76. The number of nitrogens with zero attached hydrogens (tertiary/aromatic N) is 2. The number of amides is 1. The maximum absolute atomic E-state index is 12.4. The molecule has 23 heavy (non-hydrogen) atoms. The summed E-state index contributed by atoms with van der Waals surface area (Å²) in [6.45, 7) is 4.87. The van der Waals surface area contributed by atoms with Crippen molar-refractivity contribution in [2.24, 2.45) is 0 Å². The molecule has 1 heterocycles. The Morgan fingerprint density at radius 2 is 2.26 bits per heavy atom. The summed E-state index contributed by atoms with van der Waals surface area (Å²) >= 11 is 6.19. The van der Waals surface area contributed by atoms with Crippen molar-refractivity contribution in [3.63, 3.8) is 0 Å². The first-order valence-electron chi connectivity index (χ1n) is 7.32. The summed E-state index contributed by atoms with van der Waals surface area (Å²) in [5.41, 5.74) is 0.424. The first kappa shape index (κ1) is 17.1. The van der Waals surface area contributed by atoms with Crippen molar-refractivity contribution >= 4 is 17.5 Å². The van der Waals surface area contributed by atoms with Gasteiger partial charge >= 0.3 is 0 Å². The van der Waals surface area contributed by atoms with Crippen LogP contribution in [0.2, 0.25) is 5.02 Å². The van der Waals surface area contributed by atoms with Crippen LogP contribution in [0.5, 0.6) is 11.5 Å². The van der Waals surface area contributed by atoms with Gasteiger partial charge in [0.1, 0.15) is 0 Å². The highest BCUT2D eigenvalue weighted by Gasteiger charge is 2.17. The zero-order chi connectivity index (χ0) is 16.8. The van der Waals surface area contributed by atoms with Crippen molar-refractivity contribution in [2.75, 3.05) is 13.7 Å². The van der Waals surface area contributed by atoms with Crippen LogP contribution < -0.4 is 14.8 Å². The molecule has 0 saturated heterocycles. The summed E-state index contributed by atoms with van der Waals surface area (Å²) in [5.74, 6) is 0.660. The summed E-state index contributed by atoms with van der Waals surface area (Å²) in [7, 11) is 1.51. The Hall–Kier alpha value is -2.21. The van der Waals surface area contributed by atoms with Crippen LogP contribution in [-0.4, -0.2) is 35.2 Å². The molecular weight excluding hydrogens is 318 g/mol. The average Bonchev–Trinajstić information content (AvgIpc) is 3.01. The fourth-order valence-electron chi connectivity index (χ4n) is 2.20. The van der Waals surface area contributed by atoms with E-state index in [4.69, 9.17) is 21.1 Å². The molecule has 0 saturated carbocycles. The van der Waals surface area contributed by atoms with Crippen LogP contribution in [0.15, 0.2) is 30.9 Å². The number of nitrogens with one attached hydrogen (secondary N) is 1. The maximum atomic E-state index is 12.4. The van der Waals surface area contributed by atoms with Gasteiger partial charge in [-0.05, 0) is 26.0 Å². The second-order valence-corrected chi connectivity index (χ2v) is 5.46. The van der Waals surface area contributed by atoms with Crippen LogP contribution in [0.3, 0.4) is 0 Å². The number of ether oxygens (including phenoxy) is 2. The monoisotopic (exact) mass is 337 g/mol. The first-order valence-corrected chi connectivity index (χ1v) is 7.69. The third-order valence-corrected chi connectivity index (χ3v) is 3.48. The second kappa shape index (κ2) is 7.87. The Kier molecular flexibility index (Phi) is 5.87. The number of hydrogen-bond acceptors (Lipinski definition) is 4. The molecule has 6 nitrogen and oxygen atoms in total. The molecule has 2 rings (SSSR count). The summed E-state index contributed by atoms with van der Waals surface area (Å²) in [5, 5.41) is 3.27. The Bertz CT molecular complexity index is 659. The molecule has 1 aromatic carbocycles. The number of hydrogen-bond donors (Lipinski definition) is 1. The molecule has 0 spiro atoms. The Morgan fingerprint density at radius 1 is 1.48 bits per heavy atom. The second-order valence-electron chi connectivity index (χ2n) is 5.06. The third-order valence-electron chi connectivity index (χ3n) is 3.20. The lowest BCUT2D eigenvalue weighted by molar-refractivity contribution is 0.0936. The van der Waals surface area contributed by atoms with Crippen molar-refractivity contribution in [1.29, 1.82) is 0 Å². The van der Waals surface area contributed by atoms with Crippen molar-refractivity contribution in [2.45, 2.75) is 26.4 Å². The number of carbonyl (C=O) groups is 1. The van der Waals surface area contributed by atoms with Gasteiger partial charge in [-0.15, -0.1) is 0 Å². The number of rotatable bonds is 7. The molecule has 124 valence electrons. The Morgan fingerprint density at radius 3 is 2.87 bits per heavy atom. The molecular formula is C16H20ClN3O3. The lowest BCUT2D eigenvalue weighted by Gasteiger charge is -2.16. The highest BCUT2D eigenvalue weighted by atomic mass is 35.5. The van der Waals surface area contributed by atoms with E-state index in [0.717, 1.165) is 0 Å². The maximum Gasteiger partial charge on any atom is 0.251 e. The number of aromatic nitrogens is 2. The lowest BCUT2D eigenvalue weighted by atomic mass is 10.1. The molecule has 1 aromatic heterocycles. The number of benzene rings is 1. The van der Waals surface area contributed by atoms with Gasteiger partial charge in [0.05, 0.1) is 25.1 Å². The van der Waals surface area contributed by atoms with E-state index >= 15 is 0 Å². The van der Waals surface area contributed by atoms with Crippen LogP contribution in [0, 0.1) is 0 Å². The Balaban J connectivity index is 2.11. The van der Waals surface area contributed by atoms with Crippen molar-refractivity contribution in [1.82, 2.24) is 14.9 Å². The molecule has 7 heteroatoms. The van der Waals surface area contributed by atoms with E-state index < -0.39 is 0 Å². The molecule has 0 unspecified atom stereocenters. The standard InChI is InChI=1S/C16H20ClN3O3/c1-4-23-15-13(17)7-12(8-14(15)22-3)16(21)19-11(2)9-20-6-5-18-10-20/h5-8,10-11H,4,9H2,1-3H3,(H,19,21)/t11-/m1/s1. The van der Waals surface area contributed by atoms with E-state index in [2.05, 4.69) is 10.3 Å². The first-order chi connectivity index (χ1) is 11.0. The summed E-state index contributed by atoms with van der Waals surface area (Å²) in [6.07, 6.45) is 5.25. The smallest absolute Gasteiger partial charge is 0.251 e. The minimum absolute atomic E-state index is 0.0620. The van der Waals surface area contributed by atoms with Crippen molar-refractivity contribution in [3.05, 3.63) is 41.4 Å². The van der Waals surface area contributed by atoms with Gasteiger partial charge in [-0.1, -0.05) is 11.6 Å². The minimum atomic E-state index is -0.221. The van der Waals surface area contributed by atoms with Gasteiger partial charge < -0.3 is 19.4 Å². The summed E-state index contributed by atoms with van der Waals surface area (Å²) in [4.78, 5) is 16.4. The SMILES string of the molecule is CCOc1c(Cl)cc(C(=O)N[C@H](C)Cn2ccnc2)cc1OC. The van der Waals surface area contributed by atoms with Gasteiger partial charge in [-0.3, -0.25) is 4.79 Å². The van der Waals surface area contributed by atoms with Crippen molar-refractivity contribution in [3.8, 4) is 11.5 Å². The van der Waals surface area contributed by atoms with E-state index in [0.29, 0.717) is 35.2 Å². The van der Waals surface area contributed by atoms with Crippen molar-refractivity contribution < 1.29 is 14.3 Å². The largest absolute Gasteiger partial charge is 0.493 e. The normalized spacial score (nSPS) is 11.8. The fraction of sp³-hybridized carbons (Fsp3) is 0.375.